The summed E-state index contributed by atoms with van der Waals surface area (Å²) in [7, 11) is 0. The van der Waals surface area contributed by atoms with Crippen molar-refractivity contribution in [1.29, 1.82) is 0 Å². The van der Waals surface area contributed by atoms with Gasteiger partial charge in [-0.05, 0) is 19.4 Å². The summed E-state index contributed by atoms with van der Waals surface area (Å²) in [5.74, 6) is -1.08. The van der Waals surface area contributed by atoms with Crippen molar-refractivity contribution in [2.75, 3.05) is 32.8 Å². The fraction of sp³-hybridized carbons (Fsp3) is 0.909. The number of ether oxygens (including phenoxy) is 1. The highest BCUT2D eigenvalue weighted by Gasteiger charge is 2.43. The van der Waals surface area contributed by atoms with Gasteiger partial charge < -0.3 is 9.84 Å². The van der Waals surface area contributed by atoms with Crippen LogP contribution in [0, 0.1) is 5.41 Å². The van der Waals surface area contributed by atoms with Crippen molar-refractivity contribution >= 4 is 5.97 Å². The van der Waals surface area contributed by atoms with Crippen molar-refractivity contribution in [1.82, 2.24) is 4.90 Å². The summed E-state index contributed by atoms with van der Waals surface area (Å²) in [6, 6.07) is 0. The lowest BCUT2D eigenvalue weighted by atomic mass is 9.82. The van der Waals surface area contributed by atoms with Crippen LogP contribution in [0.2, 0.25) is 0 Å². The zero-order valence-corrected chi connectivity index (χ0v) is 10.3. The smallest absolute Gasteiger partial charge is 0.401 e. The third-order valence-electron chi connectivity index (χ3n) is 3.15. The summed E-state index contributed by atoms with van der Waals surface area (Å²) in [5.41, 5.74) is -1.21. The highest BCUT2D eigenvalue weighted by atomic mass is 19.4. The minimum atomic E-state index is -4.31. The maximum Gasteiger partial charge on any atom is 0.401 e. The largest absolute Gasteiger partial charge is 0.481 e. The van der Waals surface area contributed by atoms with E-state index in [4.69, 9.17) is 4.74 Å². The van der Waals surface area contributed by atoms with Crippen molar-refractivity contribution in [2.24, 2.45) is 5.41 Å². The number of nitrogens with zero attached hydrogens (tertiary/aromatic N) is 1. The molecule has 1 atom stereocenters. The van der Waals surface area contributed by atoms with Gasteiger partial charge in [0.05, 0.1) is 13.2 Å². The number of hydrogen-bond acceptors (Lipinski definition) is 3. The van der Waals surface area contributed by atoms with Crippen LogP contribution in [0.4, 0.5) is 13.2 Å². The van der Waals surface area contributed by atoms with Gasteiger partial charge in [-0.1, -0.05) is 6.92 Å². The Kier molecular flexibility index (Phi) is 4.98. The number of hydrogen-bond donors (Lipinski definition) is 1. The zero-order valence-electron chi connectivity index (χ0n) is 10.3. The van der Waals surface area contributed by atoms with E-state index < -0.39 is 24.1 Å². The van der Waals surface area contributed by atoms with Crippen LogP contribution in [-0.2, 0) is 9.53 Å². The molecule has 0 saturated carbocycles. The fourth-order valence-corrected chi connectivity index (χ4v) is 2.17. The van der Waals surface area contributed by atoms with E-state index in [9.17, 15) is 23.1 Å². The monoisotopic (exact) mass is 269 g/mol. The Hall–Kier alpha value is -0.820. The minimum absolute atomic E-state index is 0.0172. The molecule has 106 valence electrons. The van der Waals surface area contributed by atoms with Crippen LogP contribution < -0.4 is 0 Å². The lowest BCUT2D eigenvalue weighted by Crippen LogP contribution is -2.50. The number of aliphatic carboxylic acids is 1. The molecule has 0 bridgehead atoms. The van der Waals surface area contributed by atoms with Gasteiger partial charge >= 0.3 is 12.1 Å². The van der Waals surface area contributed by atoms with Gasteiger partial charge in [0.1, 0.15) is 5.41 Å². The summed E-state index contributed by atoms with van der Waals surface area (Å²) >= 11 is 0. The van der Waals surface area contributed by atoms with Crippen molar-refractivity contribution < 1.29 is 27.8 Å². The molecule has 1 aliphatic heterocycles. The lowest BCUT2D eigenvalue weighted by Gasteiger charge is -2.37. The standard InChI is InChI=1S/C11H18F3NO3/c1-2-15(7-11(12,13)14)6-10(9(16)17)4-3-5-18-8-10/h2-8H2,1H3,(H,16,17). The van der Waals surface area contributed by atoms with E-state index in [1.54, 1.807) is 6.92 Å². The molecule has 1 heterocycles. The topological polar surface area (TPSA) is 49.8 Å². The average molecular weight is 269 g/mol. The number of alkyl halides is 3. The maximum atomic E-state index is 12.4. The highest BCUT2D eigenvalue weighted by Crippen LogP contribution is 2.31. The first-order chi connectivity index (χ1) is 8.29. The Labute approximate surface area is 104 Å². The van der Waals surface area contributed by atoms with Gasteiger partial charge in [-0.3, -0.25) is 9.69 Å². The Morgan fingerprint density at radius 1 is 1.50 bits per heavy atom. The molecule has 1 fully saturated rings. The molecule has 0 spiro atoms. The number of carboxylic acids is 1. The molecule has 0 aromatic rings. The van der Waals surface area contributed by atoms with Crippen LogP contribution in [-0.4, -0.2) is 55.0 Å². The van der Waals surface area contributed by atoms with Crippen molar-refractivity contribution in [3.63, 3.8) is 0 Å². The molecule has 0 aliphatic carbocycles. The average Bonchev–Trinajstić information content (AvgIpc) is 2.27. The molecule has 0 radical (unpaired) electrons. The molecule has 1 saturated heterocycles. The first-order valence-electron chi connectivity index (χ1n) is 5.89. The molecule has 0 amide bonds. The van der Waals surface area contributed by atoms with Crippen LogP contribution in [0.3, 0.4) is 0 Å². The molecule has 0 aromatic heterocycles. The van der Waals surface area contributed by atoms with Crippen molar-refractivity contribution in [2.45, 2.75) is 25.9 Å². The van der Waals surface area contributed by atoms with Gasteiger partial charge in [-0.2, -0.15) is 13.2 Å². The van der Waals surface area contributed by atoms with Crippen LogP contribution in [0.5, 0.6) is 0 Å². The van der Waals surface area contributed by atoms with Crippen LogP contribution in [0.25, 0.3) is 0 Å². The van der Waals surface area contributed by atoms with E-state index in [2.05, 4.69) is 0 Å². The molecule has 4 nitrogen and oxygen atoms in total. The molecule has 18 heavy (non-hydrogen) atoms. The van der Waals surface area contributed by atoms with E-state index in [-0.39, 0.29) is 19.7 Å². The summed E-state index contributed by atoms with van der Waals surface area (Å²) in [6.07, 6.45) is -3.39. The lowest BCUT2D eigenvalue weighted by molar-refractivity contribution is -0.169. The normalized spacial score (nSPS) is 25.4. The minimum Gasteiger partial charge on any atom is -0.481 e. The molecular formula is C11H18F3NO3. The van der Waals surface area contributed by atoms with Gasteiger partial charge in [0.2, 0.25) is 0 Å². The van der Waals surface area contributed by atoms with Crippen molar-refractivity contribution in [3.05, 3.63) is 0 Å². The van der Waals surface area contributed by atoms with Gasteiger partial charge in [-0.15, -0.1) is 0 Å². The Bertz CT molecular complexity index is 288. The summed E-state index contributed by atoms with van der Waals surface area (Å²) < 4.78 is 42.2. The van der Waals surface area contributed by atoms with Crippen LogP contribution >= 0.6 is 0 Å². The maximum absolute atomic E-state index is 12.4. The predicted molar refractivity (Wildman–Crippen MR) is 58.3 cm³/mol. The molecule has 1 rings (SSSR count). The number of halogens is 3. The SMILES string of the molecule is CCN(CC(F)(F)F)CC1(C(=O)O)CCCOC1. The quantitative estimate of drug-likeness (QED) is 0.826. The van der Waals surface area contributed by atoms with Gasteiger partial charge in [-0.25, -0.2) is 0 Å². The second-order valence-corrected chi connectivity index (χ2v) is 4.66. The Morgan fingerprint density at radius 3 is 2.56 bits per heavy atom. The van der Waals surface area contributed by atoms with E-state index in [1.807, 2.05) is 0 Å². The molecule has 7 heteroatoms. The van der Waals surface area contributed by atoms with Crippen molar-refractivity contribution in [3.8, 4) is 0 Å². The molecule has 1 aliphatic rings. The third-order valence-corrected chi connectivity index (χ3v) is 3.15. The Balaban J connectivity index is 2.72. The third kappa shape index (κ3) is 4.13. The molecule has 0 aromatic carbocycles. The van der Waals surface area contributed by atoms with Gasteiger partial charge in [0.15, 0.2) is 0 Å². The zero-order chi connectivity index (χ0) is 13.8. The molecular weight excluding hydrogens is 251 g/mol. The first-order valence-corrected chi connectivity index (χ1v) is 5.89. The molecule has 1 unspecified atom stereocenters. The predicted octanol–water partition coefficient (Wildman–Crippen LogP) is 1.75. The van der Waals surface area contributed by atoms with E-state index in [0.29, 0.717) is 19.4 Å². The van der Waals surface area contributed by atoms with E-state index >= 15 is 0 Å². The van der Waals surface area contributed by atoms with Gasteiger partial charge in [0, 0.05) is 13.2 Å². The van der Waals surface area contributed by atoms with Crippen LogP contribution in [0.1, 0.15) is 19.8 Å². The second kappa shape index (κ2) is 5.88. The fourth-order valence-electron chi connectivity index (χ4n) is 2.17. The summed E-state index contributed by atoms with van der Waals surface area (Å²) in [6.45, 7) is 0.994. The molecule has 1 N–H and O–H groups in total. The van der Waals surface area contributed by atoms with E-state index in [0.717, 1.165) is 4.90 Å². The number of carbonyl (C=O) groups is 1. The number of rotatable bonds is 5. The van der Waals surface area contributed by atoms with Crippen LogP contribution in [0.15, 0.2) is 0 Å². The summed E-state index contributed by atoms with van der Waals surface area (Å²) in [4.78, 5) is 12.4. The number of carboxylic acid groups (broad SMARTS) is 1. The summed E-state index contributed by atoms with van der Waals surface area (Å²) in [5, 5.41) is 9.24. The highest BCUT2D eigenvalue weighted by molar-refractivity contribution is 5.75. The van der Waals surface area contributed by atoms with Gasteiger partial charge in [0.25, 0.3) is 0 Å². The van der Waals surface area contributed by atoms with E-state index in [1.165, 1.54) is 0 Å². The first kappa shape index (κ1) is 15.2. The second-order valence-electron chi connectivity index (χ2n) is 4.66. The Morgan fingerprint density at radius 2 is 2.17 bits per heavy atom.